The third-order valence-electron chi connectivity index (χ3n) is 10.2. The summed E-state index contributed by atoms with van der Waals surface area (Å²) in [6.45, 7) is 0. The largest absolute Gasteiger partial charge is 0.489 e. The Morgan fingerprint density at radius 1 is 0.338 bits per heavy atom. The second-order valence-corrected chi connectivity index (χ2v) is 15.9. The first kappa shape index (κ1) is 58.1. The molecular weight excluding hydrogens is 1100 g/mol. The average Bonchev–Trinajstić information content (AvgIpc) is 3.47. The van der Waals surface area contributed by atoms with Gasteiger partial charge in [-0.3, -0.25) is 15.0 Å². The quantitative estimate of drug-likeness (QED) is 0.0737. The lowest BCUT2D eigenvalue weighted by molar-refractivity contribution is -0.138. The van der Waals surface area contributed by atoms with Crippen LogP contribution in [0.15, 0.2) is 146 Å². The Balaban J connectivity index is 0.000000173. The van der Waals surface area contributed by atoms with E-state index in [1.165, 1.54) is 71.9 Å². The molecule has 3 aromatic carbocycles. The highest BCUT2D eigenvalue weighted by atomic mass is 35.5. The van der Waals surface area contributed by atoms with Gasteiger partial charge < -0.3 is 37.9 Å². The number of hydrogen-bond acceptors (Lipinski definition) is 17. The second kappa shape index (κ2) is 25.7. The molecule has 0 saturated heterocycles. The molecule has 414 valence electrons. The van der Waals surface area contributed by atoms with Crippen molar-refractivity contribution in [3.8, 4) is 98.5 Å². The number of rotatable bonds is 14. The van der Waals surface area contributed by atoms with E-state index in [1.54, 1.807) is 73.2 Å². The van der Waals surface area contributed by atoms with Crippen molar-refractivity contribution < 1.29 is 77.4 Å². The molecule has 0 atom stereocenters. The van der Waals surface area contributed by atoms with E-state index in [-0.39, 0.29) is 86.5 Å². The maximum Gasteiger partial charge on any atom is 0.416 e. The molecule has 0 amide bonds. The van der Waals surface area contributed by atoms with E-state index in [4.69, 9.17) is 49.5 Å². The molecular formula is C53H39ClF9N9O8. The van der Waals surface area contributed by atoms with Crippen LogP contribution in [0.5, 0.6) is 63.9 Å². The fraction of sp³-hybridized carbons (Fsp3) is 0.151. The van der Waals surface area contributed by atoms with E-state index >= 15 is 0 Å². The molecule has 0 fully saturated rings. The molecule has 0 unspecified atom stereocenters. The second-order valence-electron chi connectivity index (χ2n) is 15.5. The highest BCUT2D eigenvalue weighted by Crippen LogP contribution is 2.42. The van der Waals surface area contributed by atoms with Gasteiger partial charge in [-0.15, -0.1) is 0 Å². The summed E-state index contributed by atoms with van der Waals surface area (Å²) in [4.78, 5) is 37.5. The number of nitrogens with zero attached hydrogens (tertiary/aromatic N) is 9. The zero-order valence-electron chi connectivity index (χ0n) is 41.9. The number of halogens is 10. The molecule has 6 aromatic heterocycles. The number of ether oxygens (including phenoxy) is 8. The third kappa shape index (κ3) is 14.9. The molecule has 9 rings (SSSR count). The fourth-order valence-electron chi connectivity index (χ4n) is 6.60. The highest BCUT2D eigenvalue weighted by Gasteiger charge is 2.33. The molecule has 80 heavy (non-hydrogen) atoms. The Labute approximate surface area is 452 Å². The molecule has 0 N–H and O–H groups in total. The monoisotopic (exact) mass is 1140 g/mol. The Morgan fingerprint density at radius 3 is 0.912 bits per heavy atom. The van der Waals surface area contributed by atoms with Crippen LogP contribution in [-0.4, -0.2) is 80.4 Å². The van der Waals surface area contributed by atoms with Crippen molar-refractivity contribution in [1.82, 2.24) is 44.9 Å². The Kier molecular flexibility index (Phi) is 18.7. The third-order valence-corrected chi connectivity index (χ3v) is 10.5. The molecule has 0 spiro atoms. The zero-order valence-corrected chi connectivity index (χ0v) is 42.7. The van der Waals surface area contributed by atoms with Crippen LogP contribution < -0.4 is 37.9 Å². The summed E-state index contributed by atoms with van der Waals surface area (Å²) in [5, 5.41) is -0.0508. The lowest BCUT2D eigenvalue weighted by atomic mass is 10.2. The fourth-order valence-corrected chi connectivity index (χ4v) is 6.84. The molecule has 0 aliphatic carbocycles. The number of pyridine rings is 3. The predicted molar refractivity (Wildman–Crippen MR) is 268 cm³/mol. The summed E-state index contributed by atoms with van der Waals surface area (Å²) in [7, 11) is 6.77. The van der Waals surface area contributed by atoms with Crippen LogP contribution >= 0.6 is 11.6 Å². The molecule has 0 saturated carbocycles. The van der Waals surface area contributed by atoms with Crippen molar-refractivity contribution in [3.05, 3.63) is 168 Å². The van der Waals surface area contributed by atoms with Crippen molar-refractivity contribution in [2.24, 2.45) is 0 Å². The van der Waals surface area contributed by atoms with Crippen molar-refractivity contribution >= 4 is 11.6 Å². The van der Waals surface area contributed by atoms with Gasteiger partial charge >= 0.3 is 18.5 Å². The first-order valence-corrected chi connectivity index (χ1v) is 23.0. The summed E-state index contributed by atoms with van der Waals surface area (Å²) < 4.78 is 159. The Morgan fingerprint density at radius 2 is 0.637 bits per heavy atom. The molecule has 6 heterocycles. The van der Waals surface area contributed by atoms with Gasteiger partial charge in [0.15, 0.2) is 22.6 Å². The number of alkyl halides is 9. The van der Waals surface area contributed by atoms with Crippen LogP contribution in [0.4, 0.5) is 39.5 Å². The highest BCUT2D eigenvalue weighted by molar-refractivity contribution is 6.31. The summed E-state index contributed by atoms with van der Waals surface area (Å²) in [6.07, 6.45) is -8.82. The lowest BCUT2D eigenvalue weighted by Crippen LogP contribution is -2.05. The minimum Gasteiger partial charge on any atom is -0.489 e. The summed E-state index contributed by atoms with van der Waals surface area (Å²) >= 11 is 6.09. The van der Waals surface area contributed by atoms with Gasteiger partial charge in [-0.25, -0.2) is 4.98 Å². The molecule has 0 aliphatic rings. The molecule has 0 radical (unpaired) electrons. The molecule has 0 bridgehead atoms. The van der Waals surface area contributed by atoms with Gasteiger partial charge in [-0.2, -0.15) is 64.4 Å². The van der Waals surface area contributed by atoms with E-state index in [0.717, 1.165) is 36.4 Å². The van der Waals surface area contributed by atoms with E-state index in [2.05, 4.69) is 44.9 Å². The van der Waals surface area contributed by atoms with Crippen molar-refractivity contribution in [1.29, 1.82) is 0 Å². The maximum absolute atomic E-state index is 12.9. The van der Waals surface area contributed by atoms with Crippen LogP contribution in [-0.2, 0) is 18.5 Å². The predicted octanol–water partition coefficient (Wildman–Crippen LogP) is 13.7. The van der Waals surface area contributed by atoms with E-state index < -0.39 is 35.2 Å². The smallest absolute Gasteiger partial charge is 0.416 e. The van der Waals surface area contributed by atoms with Crippen LogP contribution in [0.2, 0.25) is 5.15 Å². The molecule has 0 aliphatic heterocycles. The minimum absolute atomic E-state index is 0.00348. The summed E-state index contributed by atoms with van der Waals surface area (Å²) in [6, 6.07) is 28.7. The number of benzene rings is 3. The normalized spacial score (nSPS) is 11.2. The number of methoxy groups -OCH3 is 5. The molecule has 9 aromatic rings. The first-order valence-electron chi connectivity index (χ1n) is 22.6. The standard InChI is InChI=1S/2C18H14F3N3O3.C17H11ClF3N3O2/c2*1-25-14-16(26-2)23-15(13-8-3-4-9-22-13)24-17(14)27-12-7-5-6-11(10-12)18(19,20)21;1-25-13-14(18)23-15(12-7-2-3-8-22-12)24-16(13)26-11-6-4-5-10(9-11)17(19,20)21/h2*3-10H,1-2H3;2-9H,1H3. The lowest BCUT2D eigenvalue weighted by Gasteiger charge is -2.14. The van der Waals surface area contributed by atoms with Crippen LogP contribution in [0.25, 0.3) is 34.6 Å². The average molecular weight is 1140 g/mol. The van der Waals surface area contributed by atoms with E-state index in [0.29, 0.717) is 17.1 Å². The SMILES string of the molecule is COc1c(Cl)nc(-c2ccccn2)nc1Oc1cccc(C(F)(F)F)c1.COc1nc(-c2ccccn2)nc(Oc2cccc(C(F)(F)F)c2)c1OC.COc1nc(-c2ccccn2)nc(Oc2cccc(C(F)(F)F)c2)c1OC. The van der Waals surface area contributed by atoms with Crippen molar-refractivity contribution in [2.75, 3.05) is 35.5 Å². The van der Waals surface area contributed by atoms with Gasteiger partial charge in [-0.1, -0.05) is 48.0 Å². The first-order chi connectivity index (χ1) is 38.2. The summed E-state index contributed by atoms with van der Waals surface area (Å²) in [5.74, 6) is 0.245. The van der Waals surface area contributed by atoms with Gasteiger partial charge in [-0.05, 0) is 91.0 Å². The van der Waals surface area contributed by atoms with Crippen LogP contribution in [0.3, 0.4) is 0 Å². The zero-order chi connectivity index (χ0) is 57.6. The van der Waals surface area contributed by atoms with Gasteiger partial charge in [0.25, 0.3) is 29.4 Å². The maximum atomic E-state index is 12.9. The van der Waals surface area contributed by atoms with Gasteiger partial charge in [0, 0.05) is 18.6 Å². The number of aromatic nitrogens is 9. The van der Waals surface area contributed by atoms with Crippen LogP contribution in [0.1, 0.15) is 16.7 Å². The van der Waals surface area contributed by atoms with Gasteiger partial charge in [0.2, 0.25) is 17.2 Å². The minimum atomic E-state index is -4.49. The van der Waals surface area contributed by atoms with E-state index in [9.17, 15) is 39.5 Å². The Bertz CT molecular complexity index is 3370. The Hall–Kier alpha value is -9.59. The molecule has 17 nitrogen and oxygen atoms in total. The van der Waals surface area contributed by atoms with Gasteiger partial charge in [0.1, 0.15) is 34.3 Å². The van der Waals surface area contributed by atoms with Crippen LogP contribution in [0, 0.1) is 0 Å². The summed E-state index contributed by atoms with van der Waals surface area (Å²) in [5.41, 5.74) is -1.24. The number of hydrogen-bond donors (Lipinski definition) is 0. The van der Waals surface area contributed by atoms with E-state index in [1.807, 2.05) is 0 Å². The van der Waals surface area contributed by atoms with Crippen molar-refractivity contribution in [3.63, 3.8) is 0 Å². The van der Waals surface area contributed by atoms with Crippen molar-refractivity contribution in [2.45, 2.75) is 18.5 Å². The topological polar surface area (TPSA) is 190 Å². The van der Waals surface area contributed by atoms with Gasteiger partial charge in [0.05, 0.1) is 52.2 Å². The molecule has 27 heteroatoms.